The number of carbonyl (C=O) groups excluding carboxylic acids is 1. The highest BCUT2D eigenvalue weighted by Gasteiger charge is 2.10. The fourth-order valence-corrected chi connectivity index (χ4v) is 1.58. The molecule has 0 radical (unpaired) electrons. The van der Waals surface area contributed by atoms with Crippen LogP contribution in [0.15, 0.2) is 18.2 Å². The number of nitrogens with two attached hydrogens (primary N) is 1. The number of carbonyl (C=O) groups is 1. The number of para-hydroxylation sites is 1. The van der Waals surface area contributed by atoms with Gasteiger partial charge in [-0.25, -0.2) is 0 Å². The van der Waals surface area contributed by atoms with E-state index in [0.717, 1.165) is 5.56 Å². The van der Waals surface area contributed by atoms with Gasteiger partial charge in [-0.2, -0.15) is 0 Å². The molecule has 1 aromatic rings. The SMILES string of the molecule is CCNC(=O)CCOc1c(CN)cccc1OC. The van der Waals surface area contributed by atoms with E-state index in [2.05, 4.69) is 5.32 Å². The molecule has 0 saturated heterocycles. The van der Waals surface area contributed by atoms with Crippen molar-refractivity contribution in [3.63, 3.8) is 0 Å². The van der Waals surface area contributed by atoms with E-state index in [4.69, 9.17) is 15.2 Å². The first-order chi connectivity index (χ1) is 8.72. The number of ether oxygens (including phenoxy) is 2. The molecule has 1 amide bonds. The molecule has 0 aliphatic carbocycles. The van der Waals surface area contributed by atoms with Crippen molar-refractivity contribution in [2.75, 3.05) is 20.3 Å². The highest BCUT2D eigenvalue weighted by Crippen LogP contribution is 2.30. The van der Waals surface area contributed by atoms with Gasteiger partial charge in [-0.05, 0) is 13.0 Å². The topological polar surface area (TPSA) is 73.6 Å². The molecule has 0 saturated carbocycles. The maximum absolute atomic E-state index is 11.3. The van der Waals surface area contributed by atoms with Gasteiger partial charge in [0, 0.05) is 18.7 Å². The predicted octanol–water partition coefficient (Wildman–Crippen LogP) is 1.06. The maximum atomic E-state index is 11.3. The second kappa shape index (κ2) is 7.55. The van der Waals surface area contributed by atoms with Crippen molar-refractivity contribution in [1.29, 1.82) is 0 Å². The molecule has 5 heteroatoms. The minimum absolute atomic E-state index is 0.0262. The lowest BCUT2D eigenvalue weighted by Gasteiger charge is -2.14. The molecule has 1 aromatic carbocycles. The number of nitrogens with one attached hydrogen (secondary N) is 1. The van der Waals surface area contributed by atoms with Gasteiger partial charge in [0.05, 0.1) is 20.1 Å². The van der Waals surface area contributed by atoms with E-state index in [9.17, 15) is 4.79 Å². The van der Waals surface area contributed by atoms with Crippen molar-refractivity contribution >= 4 is 5.91 Å². The van der Waals surface area contributed by atoms with E-state index in [-0.39, 0.29) is 5.91 Å². The zero-order chi connectivity index (χ0) is 13.4. The highest BCUT2D eigenvalue weighted by atomic mass is 16.5. The van der Waals surface area contributed by atoms with Crippen LogP contribution in [0.2, 0.25) is 0 Å². The van der Waals surface area contributed by atoms with Gasteiger partial charge in [0.25, 0.3) is 0 Å². The second-order valence-electron chi connectivity index (χ2n) is 3.70. The molecular weight excluding hydrogens is 232 g/mol. The average molecular weight is 252 g/mol. The molecule has 1 rings (SSSR count). The van der Waals surface area contributed by atoms with Crippen LogP contribution in [0, 0.1) is 0 Å². The van der Waals surface area contributed by atoms with Gasteiger partial charge in [0.1, 0.15) is 0 Å². The predicted molar refractivity (Wildman–Crippen MR) is 69.7 cm³/mol. The first-order valence-corrected chi connectivity index (χ1v) is 5.98. The van der Waals surface area contributed by atoms with Crippen molar-refractivity contribution in [1.82, 2.24) is 5.32 Å². The van der Waals surface area contributed by atoms with Gasteiger partial charge in [-0.3, -0.25) is 4.79 Å². The first-order valence-electron chi connectivity index (χ1n) is 5.98. The minimum atomic E-state index is -0.0262. The van der Waals surface area contributed by atoms with E-state index >= 15 is 0 Å². The lowest BCUT2D eigenvalue weighted by molar-refractivity contribution is -0.121. The zero-order valence-corrected chi connectivity index (χ0v) is 10.9. The Labute approximate surface area is 107 Å². The van der Waals surface area contributed by atoms with Crippen LogP contribution < -0.4 is 20.5 Å². The van der Waals surface area contributed by atoms with Crippen LogP contribution in [0.1, 0.15) is 18.9 Å². The van der Waals surface area contributed by atoms with Crippen molar-refractivity contribution in [3.05, 3.63) is 23.8 Å². The molecule has 5 nitrogen and oxygen atoms in total. The third-order valence-electron chi connectivity index (χ3n) is 2.45. The summed E-state index contributed by atoms with van der Waals surface area (Å²) < 4.78 is 10.8. The van der Waals surface area contributed by atoms with Crippen LogP contribution in [0.5, 0.6) is 11.5 Å². The summed E-state index contributed by atoms with van der Waals surface area (Å²) in [6.07, 6.45) is 0.315. The Morgan fingerprint density at radius 3 is 2.83 bits per heavy atom. The number of amides is 1. The molecule has 0 heterocycles. The molecule has 0 spiro atoms. The second-order valence-corrected chi connectivity index (χ2v) is 3.70. The summed E-state index contributed by atoms with van der Waals surface area (Å²) in [5.41, 5.74) is 6.50. The van der Waals surface area contributed by atoms with E-state index < -0.39 is 0 Å². The van der Waals surface area contributed by atoms with Crippen LogP contribution in [0.3, 0.4) is 0 Å². The van der Waals surface area contributed by atoms with Gasteiger partial charge < -0.3 is 20.5 Å². The van der Waals surface area contributed by atoms with Crippen LogP contribution in [0.4, 0.5) is 0 Å². The summed E-state index contributed by atoms with van der Waals surface area (Å²) in [5, 5.41) is 2.71. The number of hydrogen-bond acceptors (Lipinski definition) is 4. The average Bonchev–Trinajstić information content (AvgIpc) is 2.39. The Balaban J connectivity index is 2.62. The standard InChI is InChI=1S/C13H20N2O3/c1-3-15-12(16)7-8-18-13-10(9-14)5-4-6-11(13)17-2/h4-6H,3,7-9,14H2,1-2H3,(H,15,16). The van der Waals surface area contributed by atoms with Crippen molar-refractivity contribution < 1.29 is 14.3 Å². The number of methoxy groups -OCH3 is 1. The molecule has 0 bridgehead atoms. The van der Waals surface area contributed by atoms with Crippen LogP contribution >= 0.6 is 0 Å². The molecule has 3 N–H and O–H groups in total. The van der Waals surface area contributed by atoms with Crippen LogP contribution in [-0.4, -0.2) is 26.2 Å². The third-order valence-corrected chi connectivity index (χ3v) is 2.45. The fourth-order valence-electron chi connectivity index (χ4n) is 1.58. The molecular formula is C13H20N2O3. The maximum Gasteiger partial charge on any atom is 0.223 e. The van der Waals surface area contributed by atoms with Crippen LogP contribution in [-0.2, 0) is 11.3 Å². The molecule has 0 aliphatic rings. The van der Waals surface area contributed by atoms with Gasteiger partial charge in [0.2, 0.25) is 5.91 Å². The van der Waals surface area contributed by atoms with E-state index in [1.54, 1.807) is 13.2 Å². The summed E-state index contributed by atoms with van der Waals surface area (Å²) in [7, 11) is 1.58. The Morgan fingerprint density at radius 2 is 2.22 bits per heavy atom. The van der Waals surface area contributed by atoms with E-state index in [1.807, 2.05) is 19.1 Å². The van der Waals surface area contributed by atoms with E-state index in [0.29, 0.717) is 37.6 Å². The summed E-state index contributed by atoms with van der Waals surface area (Å²) in [4.78, 5) is 11.3. The third kappa shape index (κ3) is 3.92. The van der Waals surface area contributed by atoms with Crippen molar-refractivity contribution in [2.24, 2.45) is 5.73 Å². The molecule has 0 atom stereocenters. The normalized spacial score (nSPS) is 9.94. The number of hydrogen-bond donors (Lipinski definition) is 2. The Kier molecular flexibility index (Phi) is 6.00. The molecule has 0 aromatic heterocycles. The number of benzene rings is 1. The first kappa shape index (κ1) is 14.3. The largest absolute Gasteiger partial charge is 0.493 e. The summed E-state index contributed by atoms with van der Waals surface area (Å²) in [6, 6.07) is 5.54. The van der Waals surface area contributed by atoms with Gasteiger partial charge in [0.15, 0.2) is 11.5 Å². The highest BCUT2D eigenvalue weighted by molar-refractivity contribution is 5.75. The molecule has 0 fully saturated rings. The fraction of sp³-hybridized carbons (Fsp3) is 0.462. The van der Waals surface area contributed by atoms with Crippen LogP contribution in [0.25, 0.3) is 0 Å². The molecule has 0 aliphatic heterocycles. The zero-order valence-electron chi connectivity index (χ0n) is 10.9. The summed E-state index contributed by atoms with van der Waals surface area (Å²) in [6.45, 7) is 3.18. The molecule has 100 valence electrons. The van der Waals surface area contributed by atoms with Gasteiger partial charge in [-0.1, -0.05) is 12.1 Å². The minimum Gasteiger partial charge on any atom is -0.493 e. The lowest BCUT2D eigenvalue weighted by Crippen LogP contribution is -2.24. The Morgan fingerprint density at radius 1 is 1.44 bits per heavy atom. The quantitative estimate of drug-likeness (QED) is 0.761. The van der Waals surface area contributed by atoms with Crippen molar-refractivity contribution in [3.8, 4) is 11.5 Å². The molecule has 18 heavy (non-hydrogen) atoms. The smallest absolute Gasteiger partial charge is 0.223 e. The summed E-state index contributed by atoms with van der Waals surface area (Å²) in [5.74, 6) is 1.22. The van der Waals surface area contributed by atoms with E-state index in [1.165, 1.54) is 0 Å². The number of rotatable bonds is 7. The van der Waals surface area contributed by atoms with Gasteiger partial charge in [-0.15, -0.1) is 0 Å². The van der Waals surface area contributed by atoms with Gasteiger partial charge >= 0.3 is 0 Å². The lowest BCUT2D eigenvalue weighted by atomic mass is 10.2. The molecule has 0 unspecified atom stereocenters. The summed E-state index contributed by atoms with van der Waals surface area (Å²) >= 11 is 0. The Bertz CT molecular complexity index is 372. The Hall–Kier alpha value is -1.75. The monoisotopic (exact) mass is 252 g/mol. The van der Waals surface area contributed by atoms with Crippen molar-refractivity contribution in [2.45, 2.75) is 19.9 Å².